The monoisotopic (exact) mass is 327 g/mol. The largest absolute Gasteiger partial charge is 0.330 e. The number of thiophene rings is 1. The minimum Gasteiger partial charge on any atom is -0.330 e. The Labute approximate surface area is 127 Å². The fraction of sp³-hybridized carbons (Fsp3) is 0. The summed E-state index contributed by atoms with van der Waals surface area (Å²) in [6.07, 6.45) is 3.47. The summed E-state index contributed by atoms with van der Waals surface area (Å²) in [5.74, 6) is 0. The van der Waals surface area contributed by atoms with Gasteiger partial charge in [0.15, 0.2) is 5.13 Å². The van der Waals surface area contributed by atoms with Crippen LogP contribution in [-0.2, 0) is 0 Å². The summed E-state index contributed by atoms with van der Waals surface area (Å²) in [5, 5.41) is 5.93. The molecule has 0 spiro atoms. The van der Waals surface area contributed by atoms with Crippen molar-refractivity contribution in [1.29, 1.82) is 0 Å². The van der Waals surface area contributed by atoms with Crippen molar-refractivity contribution in [3.63, 3.8) is 0 Å². The van der Waals surface area contributed by atoms with Crippen LogP contribution in [0, 0.1) is 0 Å². The summed E-state index contributed by atoms with van der Waals surface area (Å²) >= 11 is 14.9. The molecule has 0 saturated carbocycles. The van der Waals surface area contributed by atoms with E-state index < -0.39 is 0 Å². The predicted octanol–water partition coefficient (Wildman–Crippen LogP) is 5.32. The fourth-order valence-electron chi connectivity index (χ4n) is 1.53. The Bertz CT molecular complexity index is 694. The van der Waals surface area contributed by atoms with Gasteiger partial charge in [-0.2, -0.15) is 0 Å². The molecule has 3 aromatic rings. The number of halogens is 2. The molecule has 0 bridgehead atoms. The highest BCUT2D eigenvalue weighted by Crippen LogP contribution is 2.39. The zero-order valence-electron chi connectivity index (χ0n) is 9.43. The van der Waals surface area contributed by atoms with Crippen molar-refractivity contribution in [2.24, 2.45) is 0 Å². The second-order valence-electron chi connectivity index (χ2n) is 3.64. The Morgan fingerprint density at radius 3 is 2.84 bits per heavy atom. The van der Waals surface area contributed by atoms with Gasteiger partial charge in [-0.15, -0.1) is 22.7 Å². The van der Waals surface area contributed by atoms with E-state index in [0.29, 0.717) is 8.67 Å². The number of anilines is 2. The van der Waals surface area contributed by atoms with Crippen molar-refractivity contribution in [2.75, 3.05) is 5.32 Å². The fourth-order valence-corrected chi connectivity index (χ4v) is 3.74. The molecule has 0 atom stereocenters. The van der Waals surface area contributed by atoms with Gasteiger partial charge >= 0.3 is 0 Å². The molecule has 0 unspecified atom stereocenters. The molecule has 7 heteroatoms. The highest BCUT2D eigenvalue weighted by molar-refractivity contribution is 7.20. The van der Waals surface area contributed by atoms with Crippen LogP contribution in [0.5, 0.6) is 0 Å². The predicted molar refractivity (Wildman–Crippen MR) is 83.0 cm³/mol. The van der Waals surface area contributed by atoms with Crippen LogP contribution in [0.25, 0.3) is 11.3 Å². The number of hydrogen-bond donors (Lipinski definition) is 1. The maximum atomic E-state index is 6.12. The first-order valence-corrected chi connectivity index (χ1v) is 7.75. The minimum atomic E-state index is 0.656. The van der Waals surface area contributed by atoms with Crippen LogP contribution in [0.4, 0.5) is 10.8 Å². The van der Waals surface area contributed by atoms with Crippen LogP contribution in [0.3, 0.4) is 0 Å². The van der Waals surface area contributed by atoms with Gasteiger partial charge in [0.1, 0.15) is 4.34 Å². The standard InChI is InChI=1S/C12H7Cl2N3S2/c13-10-4-8(11(14)19-10)9-6-18-12(17-9)16-7-2-1-3-15-5-7/h1-6H,(H,16,17). The van der Waals surface area contributed by atoms with Gasteiger partial charge in [-0.25, -0.2) is 4.98 Å². The minimum absolute atomic E-state index is 0.656. The summed E-state index contributed by atoms with van der Waals surface area (Å²) in [5.41, 5.74) is 2.59. The van der Waals surface area contributed by atoms with Gasteiger partial charge in [-0.3, -0.25) is 4.98 Å². The first-order valence-electron chi connectivity index (χ1n) is 5.30. The summed E-state index contributed by atoms with van der Waals surface area (Å²) < 4.78 is 1.32. The second kappa shape index (κ2) is 5.46. The van der Waals surface area contributed by atoms with E-state index in [1.165, 1.54) is 22.7 Å². The smallest absolute Gasteiger partial charge is 0.187 e. The number of hydrogen-bond acceptors (Lipinski definition) is 5. The molecule has 3 rings (SSSR count). The van der Waals surface area contributed by atoms with Gasteiger partial charge in [0.2, 0.25) is 0 Å². The van der Waals surface area contributed by atoms with Gasteiger partial charge in [-0.1, -0.05) is 23.2 Å². The van der Waals surface area contributed by atoms with E-state index in [1.807, 2.05) is 23.6 Å². The quantitative estimate of drug-likeness (QED) is 0.707. The zero-order valence-corrected chi connectivity index (χ0v) is 12.6. The Kier molecular flexibility index (Phi) is 3.70. The Balaban J connectivity index is 1.86. The number of nitrogens with one attached hydrogen (secondary N) is 1. The number of thiazole rings is 1. The molecule has 0 amide bonds. The third kappa shape index (κ3) is 2.90. The molecule has 3 nitrogen and oxygen atoms in total. The molecular formula is C12H7Cl2N3S2. The molecule has 0 saturated heterocycles. The first kappa shape index (κ1) is 12.9. The molecule has 0 aliphatic rings. The molecule has 3 aromatic heterocycles. The summed E-state index contributed by atoms with van der Waals surface area (Å²) in [6.45, 7) is 0. The molecule has 19 heavy (non-hydrogen) atoms. The molecule has 96 valence electrons. The molecule has 0 radical (unpaired) electrons. The third-order valence-electron chi connectivity index (χ3n) is 2.35. The van der Waals surface area contributed by atoms with E-state index in [2.05, 4.69) is 15.3 Å². The summed E-state index contributed by atoms with van der Waals surface area (Å²) in [7, 11) is 0. The molecule has 0 aliphatic carbocycles. The van der Waals surface area contributed by atoms with Crippen molar-refractivity contribution >= 4 is 56.7 Å². The highest BCUT2D eigenvalue weighted by Gasteiger charge is 2.12. The van der Waals surface area contributed by atoms with Gasteiger partial charge < -0.3 is 5.32 Å². The molecule has 3 heterocycles. The van der Waals surface area contributed by atoms with Crippen LogP contribution in [0.2, 0.25) is 8.67 Å². The summed E-state index contributed by atoms with van der Waals surface area (Å²) in [4.78, 5) is 8.53. The second-order valence-corrected chi connectivity index (χ2v) is 6.79. The molecular weight excluding hydrogens is 321 g/mol. The lowest BCUT2D eigenvalue weighted by Gasteiger charge is -1.99. The highest BCUT2D eigenvalue weighted by atomic mass is 35.5. The van der Waals surface area contributed by atoms with Gasteiger partial charge in [0.05, 0.1) is 21.9 Å². The van der Waals surface area contributed by atoms with E-state index in [9.17, 15) is 0 Å². The van der Waals surface area contributed by atoms with E-state index >= 15 is 0 Å². The number of aromatic nitrogens is 2. The lowest BCUT2D eigenvalue weighted by atomic mass is 10.3. The van der Waals surface area contributed by atoms with Crippen molar-refractivity contribution < 1.29 is 0 Å². The van der Waals surface area contributed by atoms with Crippen LogP contribution >= 0.6 is 45.9 Å². The third-order valence-corrected chi connectivity index (χ3v) is 4.59. The van der Waals surface area contributed by atoms with E-state index in [1.54, 1.807) is 12.4 Å². The molecule has 0 aromatic carbocycles. The van der Waals surface area contributed by atoms with E-state index in [-0.39, 0.29) is 0 Å². The van der Waals surface area contributed by atoms with Crippen LogP contribution in [-0.4, -0.2) is 9.97 Å². The normalized spacial score (nSPS) is 10.6. The Morgan fingerprint density at radius 1 is 1.26 bits per heavy atom. The lowest BCUT2D eigenvalue weighted by molar-refractivity contribution is 1.31. The van der Waals surface area contributed by atoms with Crippen LogP contribution < -0.4 is 5.32 Å². The SMILES string of the molecule is Clc1cc(-c2csc(Nc3cccnc3)n2)c(Cl)s1. The molecule has 0 aliphatic heterocycles. The first-order chi connectivity index (χ1) is 9.22. The van der Waals surface area contributed by atoms with Gasteiger partial charge in [0, 0.05) is 17.1 Å². The average molecular weight is 328 g/mol. The van der Waals surface area contributed by atoms with Crippen molar-refractivity contribution in [2.45, 2.75) is 0 Å². The van der Waals surface area contributed by atoms with Gasteiger partial charge in [0.25, 0.3) is 0 Å². The van der Waals surface area contributed by atoms with E-state index in [0.717, 1.165) is 22.1 Å². The van der Waals surface area contributed by atoms with Crippen LogP contribution in [0.15, 0.2) is 36.0 Å². The summed E-state index contributed by atoms with van der Waals surface area (Å²) in [6, 6.07) is 5.63. The van der Waals surface area contributed by atoms with Crippen LogP contribution in [0.1, 0.15) is 0 Å². The zero-order chi connectivity index (χ0) is 13.2. The Hall–Kier alpha value is -1.14. The number of nitrogens with zero attached hydrogens (tertiary/aromatic N) is 2. The number of rotatable bonds is 3. The average Bonchev–Trinajstić information content (AvgIpc) is 2.97. The number of pyridine rings is 1. The van der Waals surface area contributed by atoms with Crippen molar-refractivity contribution in [1.82, 2.24) is 9.97 Å². The van der Waals surface area contributed by atoms with Crippen molar-refractivity contribution in [3.8, 4) is 11.3 Å². The van der Waals surface area contributed by atoms with Gasteiger partial charge in [-0.05, 0) is 18.2 Å². The maximum Gasteiger partial charge on any atom is 0.187 e. The van der Waals surface area contributed by atoms with E-state index in [4.69, 9.17) is 23.2 Å². The topological polar surface area (TPSA) is 37.8 Å². The Morgan fingerprint density at radius 2 is 2.16 bits per heavy atom. The molecule has 1 N–H and O–H groups in total. The lowest BCUT2D eigenvalue weighted by Crippen LogP contribution is -1.89. The molecule has 0 fully saturated rings. The maximum absolute atomic E-state index is 6.12. The van der Waals surface area contributed by atoms with Crippen molar-refractivity contribution in [3.05, 3.63) is 44.6 Å².